The lowest BCUT2D eigenvalue weighted by Gasteiger charge is -2.32. The number of carboxylic acids is 1. The first-order chi connectivity index (χ1) is 10.1. The first-order valence-electron chi connectivity index (χ1n) is 7.80. The molecule has 0 aromatic carbocycles. The molecule has 1 aliphatic rings. The Morgan fingerprint density at radius 1 is 1.41 bits per heavy atom. The van der Waals surface area contributed by atoms with Crippen LogP contribution < -0.4 is 4.72 Å². The molecular formula is C15H29NO5S. The van der Waals surface area contributed by atoms with E-state index < -0.39 is 39.8 Å². The summed E-state index contributed by atoms with van der Waals surface area (Å²) in [5.74, 6) is -2.16. The zero-order valence-electron chi connectivity index (χ0n) is 14.2. The van der Waals surface area contributed by atoms with Gasteiger partial charge in [-0.1, -0.05) is 13.8 Å². The summed E-state index contributed by atoms with van der Waals surface area (Å²) in [6.45, 7) is 10.3. The van der Waals surface area contributed by atoms with E-state index in [1.807, 2.05) is 27.7 Å². The summed E-state index contributed by atoms with van der Waals surface area (Å²) in [6, 6.07) is -0.395. The van der Waals surface area contributed by atoms with Gasteiger partial charge in [0.15, 0.2) is 5.79 Å². The van der Waals surface area contributed by atoms with Gasteiger partial charge in [0.2, 0.25) is 0 Å². The van der Waals surface area contributed by atoms with Crippen molar-refractivity contribution >= 4 is 17.3 Å². The van der Waals surface area contributed by atoms with E-state index in [-0.39, 0.29) is 0 Å². The highest BCUT2D eigenvalue weighted by atomic mass is 32.2. The van der Waals surface area contributed by atoms with E-state index in [9.17, 15) is 14.5 Å². The molecule has 0 aromatic heterocycles. The van der Waals surface area contributed by atoms with Crippen LogP contribution in [0.1, 0.15) is 53.9 Å². The highest BCUT2D eigenvalue weighted by Gasteiger charge is 2.38. The number of hydrogen-bond donors (Lipinski definition) is 2. The lowest BCUT2D eigenvalue weighted by atomic mass is 9.95. The Hall–Kier alpha value is -0.340. The van der Waals surface area contributed by atoms with Crippen LogP contribution in [0, 0.1) is 5.92 Å². The van der Waals surface area contributed by atoms with E-state index in [2.05, 4.69) is 4.72 Å². The Labute approximate surface area is 136 Å². The van der Waals surface area contributed by atoms with Gasteiger partial charge in [0.1, 0.15) is 4.75 Å². The summed E-state index contributed by atoms with van der Waals surface area (Å²) in [5.41, 5.74) is 0. The molecule has 1 heterocycles. The molecule has 0 amide bonds. The van der Waals surface area contributed by atoms with Gasteiger partial charge in [0.25, 0.3) is 0 Å². The van der Waals surface area contributed by atoms with Crippen molar-refractivity contribution in [3.63, 3.8) is 0 Å². The first-order valence-corrected chi connectivity index (χ1v) is 8.95. The van der Waals surface area contributed by atoms with Gasteiger partial charge in [-0.2, -0.15) is 0 Å². The zero-order chi connectivity index (χ0) is 17.0. The van der Waals surface area contributed by atoms with E-state index in [0.717, 1.165) is 0 Å². The first kappa shape index (κ1) is 19.7. The van der Waals surface area contributed by atoms with Crippen molar-refractivity contribution in [1.29, 1.82) is 0 Å². The molecule has 130 valence electrons. The van der Waals surface area contributed by atoms with Crippen molar-refractivity contribution in [2.45, 2.75) is 70.5 Å². The van der Waals surface area contributed by atoms with Crippen LogP contribution in [0.15, 0.2) is 0 Å². The van der Waals surface area contributed by atoms with E-state index in [1.165, 1.54) is 0 Å². The molecule has 0 aliphatic carbocycles. The number of carboxylic acid groups (broad SMARTS) is 1. The monoisotopic (exact) mass is 335 g/mol. The van der Waals surface area contributed by atoms with Crippen molar-refractivity contribution in [3.8, 4) is 0 Å². The number of carbonyl (C=O) groups is 1. The molecule has 0 radical (unpaired) electrons. The van der Waals surface area contributed by atoms with Gasteiger partial charge >= 0.3 is 5.97 Å². The summed E-state index contributed by atoms with van der Waals surface area (Å²) in [5, 5.41) is 9.28. The molecule has 0 saturated carbocycles. The number of aliphatic carboxylic acids is 1. The summed E-state index contributed by atoms with van der Waals surface area (Å²) in [7, 11) is 0. The standard InChI is InChI=1S/C15H29NO5S/c1-6-15(20-9-10-21-15)8-7-12(11(2)13(17)18)16-22(19)14(3,4)5/h11-12,16H,6-10H2,1-5H3,(H,17,18)/t11-,12?,22?/m0/s1. The Balaban J connectivity index is 2.72. The molecule has 1 saturated heterocycles. The predicted octanol–water partition coefficient (Wildman–Crippen LogP) is 2.06. The van der Waals surface area contributed by atoms with Crippen LogP contribution in [0.3, 0.4) is 0 Å². The van der Waals surface area contributed by atoms with Crippen LogP contribution in [0.5, 0.6) is 0 Å². The van der Waals surface area contributed by atoms with Crippen molar-refractivity contribution in [2.75, 3.05) is 13.2 Å². The quantitative estimate of drug-likeness (QED) is 0.660. The topological polar surface area (TPSA) is 90.9 Å². The molecule has 1 rings (SSSR count). The zero-order valence-corrected chi connectivity index (χ0v) is 15.0. The van der Waals surface area contributed by atoms with Crippen molar-refractivity contribution in [3.05, 3.63) is 0 Å². The summed E-state index contributed by atoms with van der Waals surface area (Å²) in [4.78, 5) is 11.3. The average Bonchev–Trinajstić information content (AvgIpc) is 2.90. The van der Waals surface area contributed by atoms with Gasteiger partial charge in [-0.05, 0) is 33.6 Å². The highest BCUT2D eigenvalue weighted by molar-refractivity contribution is 7.90. The van der Waals surface area contributed by atoms with Gasteiger partial charge in [-0.15, -0.1) is 4.72 Å². The summed E-state index contributed by atoms with van der Waals surface area (Å²) >= 11 is -1.32. The van der Waals surface area contributed by atoms with Gasteiger partial charge < -0.3 is 19.1 Å². The molecule has 7 heteroatoms. The Morgan fingerprint density at radius 2 is 1.95 bits per heavy atom. The molecule has 0 aromatic rings. The van der Waals surface area contributed by atoms with Crippen molar-refractivity contribution in [1.82, 2.24) is 4.72 Å². The normalized spacial score (nSPS) is 22.3. The van der Waals surface area contributed by atoms with Crippen molar-refractivity contribution < 1.29 is 23.9 Å². The van der Waals surface area contributed by atoms with Crippen molar-refractivity contribution in [2.24, 2.45) is 5.92 Å². The minimum absolute atomic E-state index is 0.395. The molecule has 0 spiro atoms. The molecule has 2 unspecified atom stereocenters. The maximum absolute atomic E-state index is 12.3. The van der Waals surface area contributed by atoms with Crippen LogP contribution in [-0.4, -0.2) is 45.4 Å². The average molecular weight is 335 g/mol. The molecular weight excluding hydrogens is 306 g/mol. The third-order valence-electron chi connectivity index (χ3n) is 4.00. The summed E-state index contributed by atoms with van der Waals surface area (Å²) in [6.07, 6.45) is 1.83. The van der Waals surface area contributed by atoms with E-state index in [1.54, 1.807) is 6.92 Å². The Bertz CT molecular complexity index is 365. The van der Waals surface area contributed by atoms with Crippen LogP contribution >= 0.6 is 0 Å². The predicted molar refractivity (Wildman–Crippen MR) is 85.8 cm³/mol. The lowest BCUT2D eigenvalue weighted by Crippen LogP contribution is -2.49. The minimum Gasteiger partial charge on any atom is -0.598 e. The maximum atomic E-state index is 12.3. The fourth-order valence-electron chi connectivity index (χ4n) is 2.30. The van der Waals surface area contributed by atoms with Gasteiger partial charge in [0.05, 0.1) is 25.2 Å². The Kier molecular flexibility index (Phi) is 7.14. The molecule has 2 N–H and O–H groups in total. The van der Waals surface area contributed by atoms with Crippen LogP contribution in [0.25, 0.3) is 0 Å². The number of nitrogens with one attached hydrogen (secondary N) is 1. The minimum atomic E-state index is -1.32. The largest absolute Gasteiger partial charge is 0.598 e. The molecule has 6 nitrogen and oxygen atoms in total. The third kappa shape index (κ3) is 5.38. The molecule has 0 bridgehead atoms. The van der Waals surface area contributed by atoms with Crippen LogP contribution in [0.4, 0.5) is 0 Å². The second-order valence-corrected chi connectivity index (χ2v) is 8.73. The maximum Gasteiger partial charge on any atom is 0.307 e. The molecule has 3 atom stereocenters. The second kappa shape index (κ2) is 7.97. The van der Waals surface area contributed by atoms with Gasteiger partial charge in [0, 0.05) is 17.8 Å². The third-order valence-corrected chi connectivity index (χ3v) is 5.63. The van der Waals surface area contributed by atoms with Crippen LogP contribution in [0.2, 0.25) is 0 Å². The number of rotatable bonds is 8. The van der Waals surface area contributed by atoms with Gasteiger partial charge in [-0.3, -0.25) is 4.79 Å². The van der Waals surface area contributed by atoms with Gasteiger partial charge in [-0.25, -0.2) is 0 Å². The molecule has 1 fully saturated rings. The Morgan fingerprint density at radius 3 is 2.36 bits per heavy atom. The highest BCUT2D eigenvalue weighted by Crippen LogP contribution is 2.30. The summed E-state index contributed by atoms with van der Waals surface area (Å²) < 4.78 is 26.2. The van der Waals surface area contributed by atoms with E-state index in [4.69, 9.17) is 9.47 Å². The van der Waals surface area contributed by atoms with Crippen LogP contribution in [-0.2, 0) is 25.6 Å². The number of hydrogen-bond acceptors (Lipinski definition) is 5. The fourth-order valence-corrected chi connectivity index (χ4v) is 3.25. The SMILES string of the molecule is CCC1(CCC(N[S+]([O-])C(C)(C)C)[C@H](C)C(=O)O)OCCO1. The second-order valence-electron chi connectivity index (χ2n) is 6.73. The van der Waals surface area contributed by atoms with E-state index >= 15 is 0 Å². The molecule has 22 heavy (non-hydrogen) atoms. The molecule has 1 aliphatic heterocycles. The lowest BCUT2D eigenvalue weighted by molar-refractivity contribution is -0.166. The number of ether oxygens (including phenoxy) is 2. The fraction of sp³-hybridized carbons (Fsp3) is 0.933. The smallest absolute Gasteiger partial charge is 0.307 e. The van der Waals surface area contributed by atoms with E-state index in [0.29, 0.717) is 32.5 Å².